The maximum Gasteiger partial charge on any atom is 0.264 e. The third kappa shape index (κ3) is 3.72. The summed E-state index contributed by atoms with van der Waals surface area (Å²) in [5, 5.41) is 8.21. The lowest BCUT2D eigenvalue weighted by molar-refractivity contribution is -0.136. The van der Waals surface area contributed by atoms with Crippen molar-refractivity contribution in [2.45, 2.75) is 38.1 Å². The molecule has 152 valence electrons. The van der Waals surface area contributed by atoms with Crippen LogP contribution in [0.1, 0.15) is 52.8 Å². The molecular weight excluding hydrogens is 376 g/mol. The highest BCUT2D eigenvalue weighted by molar-refractivity contribution is 6.25. The lowest BCUT2D eigenvalue weighted by atomic mass is 10.0. The summed E-state index contributed by atoms with van der Waals surface area (Å²) in [6, 6.07) is 3.96. The second-order valence-corrected chi connectivity index (χ2v) is 7.52. The van der Waals surface area contributed by atoms with Crippen LogP contribution in [-0.2, 0) is 14.4 Å². The highest BCUT2D eigenvalue weighted by atomic mass is 16.2. The average Bonchev–Trinajstić information content (AvgIpc) is 3.51. The molecule has 0 bridgehead atoms. The van der Waals surface area contributed by atoms with Crippen LogP contribution in [0.3, 0.4) is 0 Å². The van der Waals surface area contributed by atoms with Gasteiger partial charge < -0.3 is 10.6 Å². The largest absolute Gasteiger partial charge is 0.384 e. The zero-order valence-corrected chi connectivity index (χ0v) is 15.8. The van der Waals surface area contributed by atoms with E-state index in [9.17, 15) is 24.0 Å². The molecule has 1 aromatic carbocycles. The average molecular weight is 398 g/mol. The summed E-state index contributed by atoms with van der Waals surface area (Å²) >= 11 is 0. The third-order valence-electron chi connectivity index (χ3n) is 5.38. The molecule has 9 nitrogen and oxygen atoms in total. The van der Waals surface area contributed by atoms with E-state index in [0.29, 0.717) is 25.2 Å². The Labute approximate surface area is 167 Å². The summed E-state index contributed by atoms with van der Waals surface area (Å²) in [6.07, 6.45) is 2.79. The van der Waals surface area contributed by atoms with E-state index in [1.807, 2.05) is 0 Å². The first-order valence-corrected chi connectivity index (χ1v) is 9.83. The predicted octanol–water partition coefficient (Wildman–Crippen LogP) is 0.416. The highest BCUT2D eigenvalue weighted by Gasteiger charge is 2.45. The minimum absolute atomic E-state index is 0.0848. The van der Waals surface area contributed by atoms with Gasteiger partial charge in [-0.2, -0.15) is 0 Å². The van der Waals surface area contributed by atoms with Crippen molar-refractivity contribution >= 4 is 35.2 Å². The molecular formula is C20H22N4O5. The van der Waals surface area contributed by atoms with Crippen LogP contribution in [0.15, 0.2) is 18.2 Å². The van der Waals surface area contributed by atoms with E-state index < -0.39 is 29.7 Å². The predicted molar refractivity (Wildman–Crippen MR) is 102 cm³/mol. The lowest BCUT2D eigenvalue weighted by Gasteiger charge is -2.27. The number of hydrogen-bond donors (Lipinski definition) is 3. The number of carbonyl (C=O) groups is 5. The van der Waals surface area contributed by atoms with Crippen molar-refractivity contribution in [1.29, 1.82) is 0 Å². The Morgan fingerprint density at radius 1 is 1.07 bits per heavy atom. The number of nitrogens with zero attached hydrogens (tertiary/aromatic N) is 1. The van der Waals surface area contributed by atoms with E-state index in [0.717, 1.165) is 17.7 Å². The number of fused-ring (bicyclic) bond motifs is 1. The van der Waals surface area contributed by atoms with E-state index in [-0.39, 0.29) is 35.8 Å². The SMILES string of the molecule is O=C1CCC(N2C(=O)c3cccc(NCCCNC(=O)C4CC4)c3C2=O)C(=O)N1. The number of amides is 5. The van der Waals surface area contributed by atoms with Crippen molar-refractivity contribution in [3.05, 3.63) is 29.3 Å². The Morgan fingerprint density at radius 3 is 2.59 bits per heavy atom. The molecule has 0 aromatic heterocycles. The standard InChI is InChI=1S/C20H22N4O5/c25-15-8-7-14(18(27)23-15)24-19(28)12-3-1-4-13(16(12)20(24)29)21-9-2-10-22-17(26)11-5-6-11/h1,3-4,11,14,21H,2,5-10H2,(H,22,26)(H,23,25,27). The highest BCUT2D eigenvalue weighted by Crippen LogP contribution is 2.32. The topological polar surface area (TPSA) is 125 Å². The molecule has 1 saturated carbocycles. The van der Waals surface area contributed by atoms with Crippen LogP contribution >= 0.6 is 0 Å². The van der Waals surface area contributed by atoms with Gasteiger partial charge in [0.05, 0.1) is 11.1 Å². The van der Waals surface area contributed by atoms with Crippen LogP contribution in [0.2, 0.25) is 0 Å². The quantitative estimate of drug-likeness (QED) is 0.452. The van der Waals surface area contributed by atoms with Gasteiger partial charge in [0, 0.05) is 31.1 Å². The minimum Gasteiger partial charge on any atom is -0.384 e. The molecule has 29 heavy (non-hydrogen) atoms. The Bertz CT molecular complexity index is 908. The second kappa shape index (κ2) is 7.65. The van der Waals surface area contributed by atoms with Gasteiger partial charge in [0.15, 0.2) is 0 Å². The second-order valence-electron chi connectivity index (χ2n) is 7.52. The van der Waals surface area contributed by atoms with Crippen LogP contribution < -0.4 is 16.0 Å². The fourth-order valence-corrected chi connectivity index (χ4v) is 3.68. The molecule has 0 spiro atoms. The Kier molecular flexibility index (Phi) is 5.04. The van der Waals surface area contributed by atoms with Gasteiger partial charge in [0.1, 0.15) is 6.04 Å². The first kappa shape index (κ1) is 19.1. The van der Waals surface area contributed by atoms with Crippen molar-refractivity contribution in [2.75, 3.05) is 18.4 Å². The fraction of sp³-hybridized carbons (Fsp3) is 0.450. The number of nitrogens with one attached hydrogen (secondary N) is 3. The van der Waals surface area contributed by atoms with E-state index in [1.165, 1.54) is 0 Å². The molecule has 3 aliphatic rings. The van der Waals surface area contributed by atoms with Crippen molar-refractivity contribution in [3.8, 4) is 0 Å². The monoisotopic (exact) mass is 398 g/mol. The summed E-state index contributed by atoms with van der Waals surface area (Å²) < 4.78 is 0. The molecule has 0 radical (unpaired) electrons. The van der Waals surface area contributed by atoms with Gasteiger partial charge in [-0.25, -0.2) is 0 Å². The summed E-state index contributed by atoms with van der Waals surface area (Å²) in [4.78, 5) is 61.8. The summed E-state index contributed by atoms with van der Waals surface area (Å²) in [5.41, 5.74) is 1.00. The van der Waals surface area contributed by atoms with Gasteiger partial charge in [-0.05, 0) is 37.8 Å². The fourth-order valence-electron chi connectivity index (χ4n) is 3.68. The minimum atomic E-state index is -0.981. The van der Waals surface area contributed by atoms with E-state index in [4.69, 9.17) is 0 Å². The summed E-state index contributed by atoms with van der Waals surface area (Å²) in [5.74, 6) is -1.84. The van der Waals surface area contributed by atoms with Gasteiger partial charge >= 0.3 is 0 Å². The number of piperidine rings is 1. The molecule has 1 aromatic rings. The lowest BCUT2D eigenvalue weighted by Crippen LogP contribution is -2.54. The normalized spacial score (nSPS) is 21.1. The molecule has 2 fully saturated rings. The number of hydrogen-bond acceptors (Lipinski definition) is 6. The molecule has 1 unspecified atom stereocenters. The van der Waals surface area contributed by atoms with Gasteiger partial charge in [-0.3, -0.25) is 34.2 Å². The maximum atomic E-state index is 13.0. The molecule has 5 amide bonds. The number of anilines is 1. The van der Waals surface area contributed by atoms with Crippen LogP contribution in [-0.4, -0.2) is 53.6 Å². The Balaban J connectivity index is 1.41. The van der Waals surface area contributed by atoms with Crippen LogP contribution in [0.4, 0.5) is 5.69 Å². The van der Waals surface area contributed by atoms with Crippen molar-refractivity contribution in [2.24, 2.45) is 5.92 Å². The molecule has 1 atom stereocenters. The zero-order chi connectivity index (χ0) is 20.5. The first-order valence-electron chi connectivity index (χ1n) is 9.83. The van der Waals surface area contributed by atoms with Crippen molar-refractivity contribution < 1.29 is 24.0 Å². The molecule has 1 aliphatic carbocycles. The smallest absolute Gasteiger partial charge is 0.264 e. The zero-order valence-electron chi connectivity index (χ0n) is 15.8. The number of rotatable bonds is 7. The van der Waals surface area contributed by atoms with Crippen LogP contribution in [0, 0.1) is 5.92 Å². The third-order valence-corrected chi connectivity index (χ3v) is 5.38. The maximum absolute atomic E-state index is 13.0. The number of carbonyl (C=O) groups excluding carboxylic acids is 5. The molecule has 2 heterocycles. The van der Waals surface area contributed by atoms with E-state index in [2.05, 4.69) is 16.0 Å². The van der Waals surface area contributed by atoms with Crippen LogP contribution in [0.5, 0.6) is 0 Å². The van der Waals surface area contributed by atoms with Crippen LogP contribution in [0.25, 0.3) is 0 Å². The molecule has 9 heteroatoms. The molecule has 4 rings (SSSR count). The van der Waals surface area contributed by atoms with Gasteiger partial charge in [0.25, 0.3) is 11.8 Å². The number of imide groups is 2. The number of benzene rings is 1. The molecule has 2 aliphatic heterocycles. The van der Waals surface area contributed by atoms with Gasteiger partial charge in [-0.1, -0.05) is 6.07 Å². The van der Waals surface area contributed by atoms with E-state index >= 15 is 0 Å². The Hall–Kier alpha value is -3.23. The summed E-state index contributed by atoms with van der Waals surface area (Å²) in [7, 11) is 0. The molecule has 1 saturated heterocycles. The van der Waals surface area contributed by atoms with Gasteiger partial charge in [0.2, 0.25) is 17.7 Å². The van der Waals surface area contributed by atoms with Gasteiger partial charge in [-0.15, -0.1) is 0 Å². The Morgan fingerprint density at radius 2 is 1.86 bits per heavy atom. The summed E-state index contributed by atoms with van der Waals surface area (Å²) in [6.45, 7) is 1.05. The molecule has 3 N–H and O–H groups in total. The van der Waals surface area contributed by atoms with Crippen molar-refractivity contribution in [3.63, 3.8) is 0 Å². The van der Waals surface area contributed by atoms with Crippen molar-refractivity contribution in [1.82, 2.24) is 15.5 Å². The van der Waals surface area contributed by atoms with E-state index in [1.54, 1.807) is 18.2 Å². The first-order chi connectivity index (χ1) is 14.0.